The summed E-state index contributed by atoms with van der Waals surface area (Å²) in [5.74, 6) is -0.705. The first kappa shape index (κ1) is 24.4. The quantitative estimate of drug-likeness (QED) is 0.498. The summed E-state index contributed by atoms with van der Waals surface area (Å²) in [7, 11) is -2.26. The van der Waals surface area contributed by atoms with Crippen molar-refractivity contribution in [3.05, 3.63) is 90.0 Å². The summed E-state index contributed by atoms with van der Waals surface area (Å²) in [6.45, 7) is 1.13. The maximum absolute atomic E-state index is 12.9. The van der Waals surface area contributed by atoms with Crippen LogP contribution in [0.2, 0.25) is 0 Å². The summed E-state index contributed by atoms with van der Waals surface area (Å²) in [6, 6.07) is 21.1. The van der Waals surface area contributed by atoms with E-state index in [2.05, 4.69) is 10.6 Å². The Morgan fingerprint density at radius 3 is 2.31 bits per heavy atom. The van der Waals surface area contributed by atoms with Crippen LogP contribution in [-0.4, -0.2) is 46.5 Å². The summed E-state index contributed by atoms with van der Waals surface area (Å²) in [4.78, 5) is 25.7. The van der Waals surface area contributed by atoms with E-state index < -0.39 is 15.9 Å². The van der Waals surface area contributed by atoms with Gasteiger partial charge in [0.05, 0.1) is 27.9 Å². The SMILES string of the molecule is CN(c1ccc(C(=O)Nc2ccccc2C(=O)NC[C@@H]2CCCO2)cc1)S(=O)(=O)c1ccccc1. The van der Waals surface area contributed by atoms with Crippen molar-refractivity contribution in [2.24, 2.45) is 0 Å². The number of sulfonamides is 1. The molecule has 0 radical (unpaired) electrons. The smallest absolute Gasteiger partial charge is 0.264 e. The maximum atomic E-state index is 12.9. The van der Waals surface area contributed by atoms with Gasteiger partial charge in [-0.1, -0.05) is 30.3 Å². The number of rotatable bonds is 8. The van der Waals surface area contributed by atoms with Crippen LogP contribution in [0.3, 0.4) is 0 Å². The van der Waals surface area contributed by atoms with Crippen LogP contribution in [0.15, 0.2) is 83.8 Å². The van der Waals surface area contributed by atoms with Gasteiger partial charge >= 0.3 is 0 Å². The fraction of sp³-hybridized carbons (Fsp3) is 0.231. The van der Waals surface area contributed by atoms with Gasteiger partial charge in [0.15, 0.2) is 0 Å². The fourth-order valence-electron chi connectivity index (χ4n) is 3.80. The van der Waals surface area contributed by atoms with Gasteiger partial charge in [-0.2, -0.15) is 0 Å². The van der Waals surface area contributed by atoms with Crippen LogP contribution in [0.1, 0.15) is 33.6 Å². The first-order chi connectivity index (χ1) is 16.9. The van der Waals surface area contributed by atoms with Crippen molar-refractivity contribution in [2.45, 2.75) is 23.8 Å². The molecule has 9 heteroatoms. The van der Waals surface area contributed by atoms with Crippen LogP contribution in [0.25, 0.3) is 0 Å². The van der Waals surface area contributed by atoms with Crippen molar-refractivity contribution in [1.82, 2.24) is 5.32 Å². The Morgan fingerprint density at radius 1 is 0.943 bits per heavy atom. The molecule has 1 aliphatic rings. The van der Waals surface area contributed by atoms with Gasteiger partial charge in [-0.15, -0.1) is 0 Å². The molecule has 0 spiro atoms. The van der Waals surface area contributed by atoms with Gasteiger partial charge in [0, 0.05) is 25.8 Å². The van der Waals surface area contributed by atoms with Crippen LogP contribution < -0.4 is 14.9 Å². The second-order valence-corrected chi connectivity index (χ2v) is 10.1. The summed E-state index contributed by atoms with van der Waals surface area (Å²) in [6.07, 6.45) is 1.92. The molecule has 1 fully saturated rings. The zero-order valence-corrected chi connectivity index (χ0v) is 20.1. The van der Waals surface area contributed by atoms with Crippen LogP contribution in [-0.2, 0) is 14.8 Å². The minimum atomic E-state index is -3.72. The summed E-state index contributed by atoms with van der Waals surface area (Å²) in [5.41, 5.74) is 1.48. The topological polar surface area (TPSA) is 105 Å². The van der Waals surface area contributed by atoms with Crippen molar-refractivity contribution < 1.29 is 22.7 Å². The molecule has 2 N–H and O–H groups in total. The molecule has 0 saturated carbocycles. The van der Waals surface area contributed by atoms with E-state index >= 15 is 0 Å². The zero-order valence-electron chi connectivity index (χ0n) is 19.3. The Labute approximate surface area is 205 Å². The molecular formula is C26H27N3O5S. The van der Waals surface area contributed by atoms with E-state index in [0.29, 0.717) is 35.7 Å². The predicted octanol–water partition coefficient (Wildman–Crippen LogP) is 3.67. The number of benzene rings is 3. The molecule has 1 heterocycles. The lowest BCUT2D eigenvalue weighted by Crippen LogP contribution is -2.32. The highest BCUT2D eigenvalue weighted by molar-refractivity contribution is 7.92. The molecule has 35 heavy (non-hydrogen) atoms. The first-order valence-corrected chi connectivity index (χ1v) is 12.7. The van der Waals surface area contributed by atoms with Crippen LogP contribution in [0.4, 0.5) is 11.4 Å². The number of nitrogens with one attached hydrogen (secondary N) is 2. The molecule has 2 amide bonds. The lowest BCUT2D eigenvalue weighted by atomic mass is 10.1. The molecule has 0 aromatic heterocycles. The lowest BCUT2D eigenvalue weighted by Gasteiger charge is -2.19. The van der Waals surface area contributed by atoms with Gasteiger partial charge in [-0.3, -0.25) is 13.9 Å². The second-order valence-electron chi connectivity index (χ2n) is 8.18. The number of carbonyl (C=O) groups excluding carboxylic acids is 2. The first-order valence-electron chi connectivity index (χ1n) is 11.3. The van der Waals surface area contributed by atoms with Crippen molar-refractivity contribution in [1.29, 1.82) is 0 Å². The number of nitrogens with zero attached hydrogens (tertiary/aromatic N) is 1. The molecule has 182 valence electrons. The Balaban J connectivity index is 1.44. The molecule has 0 unspecified atom stereocenters. The van der Waals surface area contributed by atoms with Crippen molar-refractivity contribution >= 4 is 33.2 Å². The highest BCUT2D eigenvalue weighted by Crippen LogP contribution is 2.23. The average Bonchev–Trinajstić information content (AvgIpc) is 3.41. The molecule has 3 aromatic rings. The summed E-state index contributed by atoms with van der Waals surface area (Å²) >= 11 is 0. The number of carbonyl (C=O) groups is 2. The van der Waals surface area contributed by atoms with Crippen LogP contribution in [0.5, 0.6) is 0 Å². The molecule has 3 aromatic carbocycles. The monoisotopic (exact) mass is 493 g/mol. The third-order valence-corrected chi connectivity index (χ3v) is 7.63. The molecular weight excluding hydrogens is 466 g/mol. The zero-order chi connectivity index (χ0) is 24.8. The Morgan fingerprint density at radius 2 is 1.63 bits per heavy atom. The number of hydrogen-bond donors (Lipinski definition) is 2. The van der Waals surface area contributed by atoms with Gasteiger partial charge in [0.25, 0.3) is 21.8 Å². The van der Waals surface area contributed by atoms with E-state index in [1.807, 2.05) is 0 Å². The van der Waals surface area contributed by atoms with Crippen molar-refractivity contribution in [2.75, 3.05) is 29.8 Å². The van der Waals surface area contributed by atoms with Crippen molar-refractivity contribution in [3.63, 3.8) is 0 Å². The Bertz CT molecular complexity index is 1290. The number of ether oxygens (including phenoxy) is 1. The maximum Gasteiger partial charge on any atom is 0.264 e. The van der Waals surface area contributed by atoms with E-state index in [9.17, 15) is 18.0 Å². The van der Waals surface area contributed by atoms with Gasteiger partial charge in [0.2, 0.25) is 0 Å². The van der Waals surface area contributed by atoms with E-state index in [1.54, 1.807) is 66.7 Å². The standard InChI is InChI=1S/C26H27N3O5S/c1-29(35(32,33)22-9-3-2-4-10-22)20-15-13-19(14-16-20)25(30)28-24-12-6-5-11-23(24)26(31)27-18-21-8-7-17-34-21/h2-6,9-16,21H,7-8,17-18H2,1H3,(H,27,31)(H,28,30)/t21-/m0/s1. The lowest BCUT2D eigenvalue weighted by molar-refractivity contribution is 0.0858. The predicted molar refractivity (Wildman–Crippen MR) is 134 cm³/mol. The molecule has 0 bridgehead atoms. The normalized spacial score (nSPS) is 15.4. The minimum absolute atomic E-state index is 0.0167. The summed E-state index contributed by atoms with van der Waals surface area (Å²) in [5, 5.41) is 5.64. The number of hydrogen-bond acceptors (Lipinski definition) is 5. The highest BCUT2D eigenvalue weighted by Gasteiger charge is 2.22. The molecule has 4 rings (SSSR count). The largest absolute Gasteiger partial charge is 0.376 e. The average molecular weight is 494 g/mol. The minimum Gasteiger partial charge on any atom is -0.376 e. The van der Waals surface area contributed by atoms with Gasteiger partial charge < -0.3 is 15.4 Å². The molecule has 0 aliphatic carbocycles. The van der Waals surface area contributed by atoms with E-state index in [4.69, 9.17) is 4.74 Å². The molecule has 1 aliphatic heterocycles. The number of amides is 2. The Hall–Kier alpha value is -3.69. The third-order valence-electron chi connectivity index (χ3n) is 5.83. The van der Waals surface area contributed by atoms with Crippen LogP contribution >= 0.6 is 0 Å². The Kier molecular flexibility index (Phi) is 7.48. The number of anilines is 2. The van der Waals surface area contributed by atoms with Crippen molar-refractivity contribution in [3.8, 4) is 0 Å². The fourth-order valence-corrected chi connectivity index (χ4v) is 5.02. The molecule has 1 atom stereocenters. The van der Waals surface area contributed by atoms with Gasteiger partial charge in [-0.05, 0) is 61.4 Å². The van der Waals surface area contributed by atoms with E-state index in [0.717, 1.165) is 17.1 Å². The molecule has 1 saturated heterocycles. The highest BCUT2D eigenvalue weighted by atomic mass is 32.2. The van der Waals surface area contributed by atoms with Gasteiger partial charge in [0.1, 0.15) is 0 Å². The molecule has 8 nitrogen and oxygen atoms in total. The summed E-state index contributed by atoms with van der Waals surface area (Å²) < 4.78 is 32.4. The third kappa shape index (κ3) is 5.70. The number of para-hydroxylation sites is 1. The van der Waals surface area contributed by atoms with Crippen LogP contribution in [0, 0.1) is 0 Å². The van der Waals surface area contributed by atoms with E-state index in [-0.39, 0.29) is 16.9 Å². The second kappa shape index (κ2) is 10.7. The van der Waals surface area contributed by atoms with E-state index in [1.165, 1.54) is 19.2 Å². The van der Waals surface area contributed by atoms with Gasteiger partial charge in [-0.25, -0.2) is 8.42 Å².